The van der Waals surface area contributed by atoms with Gasteiger partial charge in [-0.05, 0) is 57.0 Å². The molecule has 0 bridgehead atoms. The molecule has 12 heteroatoms. The number of aryl methyl sites for hydroxylation is 2. The first-order valence-electron chi connectivity index (χ1n) is 13.8. The Morgan fingerprint density at radius 1 is 0.976 bits per heavy atom. The van der Waals surface area contributed by atoms with Crippen molar-refractivity contribution in [1.82, 2.24) is 19.6 Å². The van der Waals surface area contributed by atoms with Crippen LogP contribution in [0.5, 0.6) is 17.2 Å². The number of hydrogen-bond acceptors (Lipinski definition) is 8. The summed E-state index contributed by atoms with van der Waals surface area (Å²) in [6, 6.07) is 9.30. The van der Waals surface area contributed by atoms with Crippen LogP contribution in [0.2, 0.25) is 0 Å². The maximum Gasteiger partial charge on any atom is 0.277 e. The highest BCUT2D eigenvalue weighted by molar-refractivity contribution is 7.92. The van der Waals surface area contributed by atoms with Crippen LogP contribution in [0.1, 0.15) is 58.0 Å². The van der Waals surface area contributed by atoms with Crippen LogP contribution < -0.4 is 24.5 Å². The van der Waals surface area contributed by atoms with Crippen molar-refractivity contribution in [3.05, 3.63) is 58.3 Å². The second-order valence-electron chi connectivity index (χ2n) is 9.54. The van der Waals surface area contributed by atoms with Crippen LogP contribution in [0, 0.1) is 6.92 Å². The lowest BCUT2D eigenvalue weighted by atomic mass is 10.2. The van der Waals surface area contributed by atoms with E-state index in [0.29, 0.717) is 65.2 Å². The van der Waals surface area contributed by atoms with E-state index in [9.17, 15) is 13.2 Å². The van der Waals surface area contributed by atoms with E-state index in [2.05, 4.69) is 26.7 Å². The van der Waals surface area contributed by atoms with Gasteiger partial charge in [-0.15, -0.1) is 5.10 Å². The Balaban J connectivity index is 1.72. The second kappa shape index (κ2) is 13.1. The number of fused-ring (bicyclic) bond motifs is 1. The quantitative estimate of drug-likeness (QED) is 0.195. The minimum absolute atomic E-state index is 0.0319. The molecule has 2 heterocycles. The van der Waals surface area contributed by atoms with Crippen LogP contribution in [0.4, 0.5) is 5.69 Å². The highest BCUT2D eigenvalue weighted by Crippen LogP contribution is 2.33. The molecule has 0 aliphatic carbocycles. The van der Waals surface area contributed by atoms with E-state index >= 15 is 0 Å². The Labute approximate surface area is 239 Å². The number of aromatic nitrogens is 4. The molecule has 2 N–H and O–H groups in total. The van der Waals surface area contributed by atoms with Gasteiger partial charge in [-0.1, -0.05) is 26.7 Å². The number of H-pyrrole nitrogens is 1. The molecule has 220 valence electrons. The number of ether oxygens (including phenoxy) is 3. The molecule has 4 aromatic rings. The summed E-state index contributed by atoms with van der Waals surface area (Å²) in [5.74, 6) is 2.17. The molecule has 41 heavy (non-hydrogen) atoms. The predicted molar refractivity (Wildman–Crippen MR) is 158 cm³/mol. The molecule has 0 fully saturated rings. The second-order valence-corrected chi connectivity index (χ2v) is 11.2. The fourth-order valence-corrected chi connectivity index (χ4v) is 5.56. The maximum atomic E-state index is 13.5. The predicted octanol–water partition coefficient (Wildman–Crippen LogP) is 5.12. The zero-order valence-electron chi connectivity index (χ0n) is 24.1. The van der Waals surface area contributed by atoms with Crippen LogP contribution in [-0.4, -0.2) is 48.3 Å². The molecule has 0 amide bonds. The van der Waals surface area contributed by atoms with Gasteiger partial charge < -0.3 is 19.2 Å². The Hall–Kier alpha value is -4.06. The SMILES string of the molecule is CCCCCOc1cc(NS(=O)(=O)c2ccc(OCC)c(-c3nn4c(CCC)nc(C)c4c(=O)[nH]3)c2)ccc1OC. The molecule has 0 spiro atoms. The third-order valence-corrected chi connectivity index (χ3v) is 7.83. The number of nitrogens with zero attached hydrogens (tertiary/aromatic N) is 3. The monoisotopic (exact) mass is 583 g/mol. The molecule has 0 atom stereocenters. The number of hydrogen-bond donors (Lipinski definition) is 2. The minimum Gasteiger partial charge on any atom is -0.493 e. The molecule has 0 saturated heterocycles. The number of unbranched alkanes of at least 4 members (excludes halogenated alkanes) is 2. The molecular weight excluding hydrogens is 546 g/mol. The van der Waals surface area contributed by atoms with E-state index in [0.717, 1.165) is 25.7 Å². The molecule has 0 radical (unpaired) electrons. The van der Waals surface area contributed by atoms with Gasteiger partial charge in [-0.3, -0.25) is 9.52 Å². The maximum absolute atomic E-state index is 13.5. The molecular formula is C29H37N5O6S. The molecule has 4 rings (SSSR count). The number of aromatic amines is 1. The third kappa shape index (κ3) is 6.64. The average Bonchev–Trinajstić information content (AvgIpc) is 3.26. The minimum atomic E-state index is -4.05. The van der Waals surface area contributed by atoms with Crippen molar-refractivity contribution in [2.24, 2.45) is 0 Å². The summed E-state index contributed by atoms with van der Waals surface area (Å²) in [6.07, 6.45) is 4.42. The molecule has 0 aliphatic heterocycles. The van der Waals surface area contributed by atoms with Gasteiger partial charge in [0.05, 0.1) is 42.2 Å². The summed E-state index contributed by atoms with van der Waals surface area (Å²) in [4.78, 5) is 20.3. The van der Waals surface area contributed by atoms with Crippen LogP contribution in [0.15, 0.2) is 46.1 Å². The summed E-state index contributed by atoms with van der Waals surface area (Å²) in [6.45, 7) is 8.53. The number of nitrogens with one attached hydrogen (secondary N) is 2. The van der Waals surface area contributed by atoms with E-state index < -0.39 is 10.0 Å². The summed E-state index contributed by atoms with van der Waals surface area (Å²) >= 11 is 0. The number of benzene rings is 2. The standard InChI is InChI=1S/C29H37N5O6S/c1-6-9-10-16-40-25-17-20(12-14-24(25)38-5)33-41(36,37)21-13-15-23(39-8-3)22(18-21)28-31-29(35)27-19(4)30-26(11-7-2)34(27)32-28/h12-15,17-18,33H,6-11,16H2,1-5H3,(H,31,32,35). The van der Waals surface area contributed by atoms with E-state index in [-0.39, 0.29) is 16.3 Å². The van der Waals surface area contributed by atoms with Gasteiger partial charge in [-0.2, -0.15) is 0 Å². The lowest BCUT2D eigenvalue weighted by Crippen LogP contribution is -2.17. The van der Waals surface area contributed by atoms with Gasteiger partial charge in [0.2, 0.25) is 0 Å². The molecule has 0 unspecified atom stereocenters. The molecule has 2 aromatic carbocycles. The highest BCUT2D eigenvalue weighted by atomic mass is 32.2. The van der Waals surface area contributed by atoms with Crippen molar-refractivity contribution < 1.29 is 22.6 Å². The fourth-order valence-electron chi connectivity index (χ4n) is 4.49. The van der Waals surface area contributed by atoms with E-state index in [4.69, 9.17) is 14.2 Å². The van der Waals surface area contributed by atoms with Crippen LogP contribution >= 0.6 is 0 Å². The van der Waals surface area contributed by atoms with Crippen LogP contribution in [0.3, 0.4) is 0 Å². The summed E-state index contributed by atoms with van der Waals surface area (Å²) in [7, 11) is -2.51. The van der Waals surface area contributed by atoms with Gasteiger partial charge in [0.1, 0.15) is 11.6 Å². The topological polar surface area (TPSA) is 137 Å². The van der Waals surface area contributed by atoms with Gasteiger partial charge >= 0.3 is 0 Å². The van der Waals surface area contributed by atoms with Gasteiger partial charge in [-0.25, -0.2) is 17.9 Å². The number of sulfonamides is 1. The average molecular weight is 584 g/mol. The number of methoxy groups -OCH3 is 1. The Morgan fingerprint density at radius 2 is 1.76 bits per heavy atom. The first kappa shape index (κ1) is 29.9. The van der Waals surface area contributed by atoms with Gasteiger partial charge in [0, 0.05) is 12.5 Å². The Morgan fingerprint density at radius 3 is 2.46 bits per heavy atom. The highest BCUT2D eigenvalue weighted by Gasteiger charge is 2.22. The van der Waals surface area contributed by atoms with Gasteiger partial charge in [0.15, 0.2) is 22.8 Å². The summed E-state index contributed by atoms with van der Waals surface area (Å²) in [5, 5.41) is 4.64. The van der Waals surface area contributed by atoms with Crippen molar-refractivity contribution in [3.63, 3.8) is 0 Å². The number of rotatable bonds is 14. The lowest BCUT2D eigenvalue weighted by Gasteiger charge is -2.15. The normalized spacial score (nSPS) is 11.5. The first-order chi connectivity index (χ1) is 19.7. The van der Waals surface area contributed by atoms with Crippen molar-refractivity contribution in [2.45, 2.75) is 64.7 Å². The fraction of sp³-hybridized carbons (Fsp3) is 0.414. The Bertz CT molecular complexity index is 1680. The van der Waals surface area contributed by atoms with Gasteiger partial charge in [0.25, 0.3) is 15.6 Å². The van der Waals surface area contributed by atoms with Crippen molar-refractivity contribution >= 4 is 21.2 Å². The lowest BCUT2D eigenvalue weighted by molar-refractivity contribution is 0.286. The Kier molecular flexibility index (Phi) is 9.53. The zero-order valence-corrected chi connectivity index (χ0v) is 24.9. The summed E-state index contributed by atoms with van der Waals surface area (Å²) in [5.41, 5.74) is 1.20. The first-order valence-corrected chi connectivity index (χ1v) is 15.3. The number of imidazole rings is 1. The van der Waals surface area contributed by atoms with Crippen molar-refractivity contribution in [3.8, 4) is 28.6 Å². The summed E-state index contributed by atoms with van der Waals surface area (Å²) < 4.78 is 48.2. The van der Waals surface area contributed by atoms with E-state index in [1.807, 2.05) is 13.8 Å². The van der Waals surface area contributed by atoms with Crippen LogP contribution in [-0.2, 0) is 16.4 Å². The van der Waals surface area contributed by atoms with Crippen LogP contribution in [0.25, 0.3) is 16.9 Å². The number of anilines is 1. The molecule has 0 saturated carbocycles. The zero-order chi connectivity index (χ0) is 29.6. The largest absolute Gasteiger partial charge is 0.493 e. The van der Waals surface area contributed by atoms with E-state index in [1.165, 1.54) is 23.8 Å². The smallest absolute Gasteiger partial charge is 0.277 e. The van der Waals surface area contributed by atoms with Crippen molar-refractivity contribution in [2.75, 3.05) is 25.0 Å². The molecule has 2 aromatic heterocycles. The molecule has 0 aliphatic rings. The van der Waals surface area contributed by atoms with Crippen molar-refractivity contribution in [1.29, 1.82) is 0 Å². The molecule has 11 nitrogen and oxygen atoms in total. The van der Waals surface area contributed by atoms with E-state index in [1.54, 1.807) is 31.2 Å². The third-order valence-electron chi connectivity index (χ3n) is 6.45.